The van der Waals surface area contributed by atoms with E-state index in [-0.39, 0.29) is 17.6 Å². The normalized spacial score (nSPS) is 22.3. The van der Waals surface area contributed by atoms with E-state index in [2.05, 4.69) is 4.98 Å². The summed E-state index contributed by atoms with van der Waals surface area (Å²) in [6.07, 6.45) is 1.94. The monoisotopic (exact) mass is 259 g/mol. The molecule has 0 saturated carbocycles. The summed E-state index contributed by atoms with van der Waals surface area (Å²) < 4.78 is 11.2. The van der Waals surface area contributed by atoms with Gasteiger partial charge >= 0.3 is 5.97 Å². The van der Waals surface area contributed by atoms with Crippen LogP contribution in [0.25, 0.3) is 11.1 Å². The molecule has 1 aliphatic rings. The first-order valence-corrected chi connectivity index (χ1v) is 6.03. The van der Waals surface area contributed by atoms with Gasteiger partial charge in [-0.2, -0.15) is 0 Å². The number of hydrogen-bond acceptors (Lipinski definition) is 4. The molecule has 0 aliphatic carbocycles. The molecule has 5 heteroatoms. The zero-order chi connectivity index (χ0) is 13.6. The second kappa shape index (κ2) is 4.12. The van der Waals surface area contributed by atoms with E-state index in [0.29, 0.717) is 17.0 Å². The molecule has 1 N–H and O–H groups in total. The molecular weight excluding hydrogens is 246 g/mol. The van der Waals surface area contributed by atoms with Crippen molar-refractivity contribution in [1.29, 1.82) is 0 Å². The van der Waals surface area contributed by atoms with E-state index >= 15 is 0 Å². The second-order valence-corrected chi connectivity index (χ2v) is 4.67. The van der Waals surface area contributed by atoms with E-state index < -0.39 is 5.97 Å². The maximum atomic E-state index is 10.9. The summed E-state index contributed by atoms with van der Waals surface area (Å²) in [7, 11) is 0. The lowest BCUT2D eigenvalue weighted by atomic mass is 10.1. The van der Waals surface area contributed by atoms with Crippen LogP contribution in [0, 0.1) is 0 Å². The third-order valence-electron chi connectivity index (χ3n) is 3.23. The summed E-state index contributed by atoms with van der Waals surface area (Å²) in [5, 5.41) is 8.95. The number of ether oxygens (including phenoxy) is 1. The Hall–Kier alpha value is -2.30. The number of benzene rings is 1. The van der Waals surface area contributed by atoms with Gasteiger partial charge in [0, 0.05) is 0 Å². The van der Waals surface area contributed by atoms with Crippen LogP contribution in [0.3, 0.4) is 0 Å². The number of oxazole rings is 1. The number of hydrogen-bond donors (Lipinski definition) is 1. The van der Waals surface area contributed by atoms with E-state index in [1.165, 1.54) is 12.1 Å². The predicted octanol–water partition coefficient (Wildman–Crippen LogP) is 2.93. The number of carboxylic acid groups (broad SMARTS) is 1. The third-order valence-corrected chi connectivity index (χ3v) is 3.23. The van der Waals surface area contributed by atoms with Crippen LogP contribution >= 0.6 is 0 Å². The molecule has 2 atom stereocenters. The number of fused-ring (bicyclic) bond motifs is 1. The molecule has 2 unspecified atom stereocenters. The maximum absolute atomic E-state index is 10.9. The average Bonchev–Trinajstić information content (AvgIpc) is 2.90. The van der Waals surface area contributed by atoms with Gasteiger partial charge in [0.1, 0.15) is 11.6 Å². The summed E-state index contributed by atoms with van der Waals surface area (Å²) in [5.41, 5.74) is 1.35. The summed E-state index contributed by atoms with van der Waals surface area (Å²) in [4.78, 5) is 15.3. The average molecular weight is 259 g/mol. The lowest BCUT2D eigenvalue weighted by Gasteiger charge is -2.10. The summed E-state index contributed by atoms with van der Waals surface area (Å²) in [6.45, 7) is 3.84. The Bertz CT molecular complexity index is 686. The van der Waals surface area contributed by atoms with Crippen LogP contribution in [0.5, 0.6) is 0 Å². The lowest BCUT2D eigenvalue weighted by Crippen LogP contribution is -2.10. The molecule has 0 radical (unpaired) electrons. The predicted molar refractivity (Wildman–Crippen MR) is 68.0 cm³/mol. The van der Waals surface area contributed by atoms with Crippen molar-refractivity contribution in [3.63, 3.8) is 0 Å². The summed E-state index contributed by atoms with van der Waals surface area (Å²) in [6, 6.07) is 4.66. The van der Waals surface area contributed by atoms with Gasteiger partial charge in [0.15, 0.2) is 5.58 Å². The number of aromatic carboxylic acids is 1. The van der Waals surface area contributed by atoms with Gasteiger partial charge in [-0.1, -0.05) is 0 Å². The molecule has 0 saturated heterocycles. The van der Waals surface area contributed by atoms with Gasteiger partial charge in [0.05, 0.1) is 17.2 Å². The Kier molecular flexibility index (Phi) is 2.55. The summed E-state index contributed by atoms with van der Waals surface area (Å²) in [5.74, 6) is 0.410. The number of rotatable bonds is 2. The van der Waals surface area contributed by atoms with Crippen molar-refractivity contribution in [2.75, 3.05) is 0 Å². The van der Waals surface area contributed by atoms with Crippen LogP contribution in [-0.2, 0) is 4.74 Å². The standard InChI is InChI=1S/C14H13NO4/c1-7-5-10(8(2)18-7)13-15-11-6-9(14(16)17)3-4-12(11)19-13/h3-6,8,10H,1-2H3,(H,16,17). The molecule has 0 spiro atoms. The van der Waals surface area contributed by atoms with Gasteiger partial charge in [0.2, 0.25) is 5.89 Å². The number of carbonyl (C=O) groups is 1. The topological polar surface area (TPSA) is 72.6 Å². The van der Waals surface area contributed by atoms with E-state index in [1.54, 1.807) is 6.07 Å². The Morgan fingerprint density at radius 2 is 2.21 bits per heavy atom. The number of carboxylic acids is 1. The van der Waals surface area contributed by atoms with Crippen LogP contribution in [0.1, 0.15) is 36.0 Å². The highest BCUT2D eigenvalue weighted by molar-refractivity contribution is 5.91. The van der Waals surface area contributed by atoms with E-state index in [4.69, 9.17) is 14.3 Å². The molecule has 0 fully saturated rings. The van der Waals surface area contributed by atoms with Crippen molar-refractivity contribution in [1.82, 2.24) is 4.98 Å². The molecule has 0 amide bonds. The number of aromatic nitrogens is 1. The van der Waals surface area contributed by atoms with E-state index in [1.807, 2.05) is 19.9 Å². The fourth-order valence-corrected chi connectivity index (χ4v) is 2.29. The highest BCUT2D eigenvalue weighted by Crippen LogP contribution is 2.33. The minimum atomic E-state index is -0.972. The summed E-state index contributed by atoms with van der Waals surface area (Å²) >= 11 is 0. The first-order valence-electron chi connectivity index (χ1n) is 6.03. The van der Waals surface area contributed by atoms with Gasteiger partial charge in [-0.25, -0.2) is 9.78 Å². The second-order valence-electron chi connectivity index (χ2n) is 4.67. The van der Waals surface area contributed by atoms with Crippen molar-refractivity contribution >= 4 is 17.1 Å². The van der Waals surface area contributed by atoms with Gasteiger partial charge in [0.25, 0.3) is 0 Å². The molecule has 1 aromatic carbocycles. The van der Waals surface area contributed by atoms with Gasteiger partial charge in [-0.3, -0.25) is 0 Å². The Balaban J connectivity index is 2.04. The minimum absolute atomic E-state index is 0.0213. The molecular formula is C14H13NO4. The minimum Gasteiger partial charge on any atom is -0.495 e. The molecule has 19 heavy (non-hydrogen) atoms. The quantitative estimate of drug-likeness (QED) is 0.897. The van der Waals surface area contributed by atoms with Crippen LogP contribution in [0.2, 0.25) is 0 Å². The Morgan fingerprint density at radius 1 is 1.42 bits per heavy atom. The van der Waals surface area contributed by atoms with E-state index in [9.17, 15) is 4.79 Å². The highest BCUT2D eigenvalue weighted by atomic mass is 16.5. The van der Waals surface area contributed by atoms with Crippen LogP contribution < -0.4 is 0 Å². The van der Waals surface area contributed by atoms with Crippen LogP contribution in [0.4, 0.5) is 0 Å². The van der Waals surface area contributed by atoms with Crippen molar-refractivity contribution < 1.29 is 19.1 Å². The van der Waals surface area contributed by atoms with Crippen molar-refractivity contribution in [2.45, 2.75) is 25.9 Å². The maximum Gasteiger partial charge on any atom is 0.335 e. The highest BCUT2D eigenvalue weighted by Gasteiger charge is 2.29. The first kappa shape index (κ1) is 11.8. The SMILES string of the molecule is CC1=CC(c2nc3cc(C(=O)O)ccc3o2)C(C)O1. The lowest BCUT2D eigenvalue weighted by molar-refractivity contribution is 0.0697. The zero-order valence-corrected chi connectivity index (χ0v) is 10.6. The Morgan fingerprint density at radius 3 is 2.84 bits per heavy atom. The molecule has 1 aliphatic heterocycles. The molecule has 98 valence electrons. The first-order chi connectivity index (χ1) is 9.04. The van der Waals surface area contributed by atoms with Gasteiger partial charge in [-0.15, -0.1) is 0 Å². The molecule has 1 aromatic heterocycles. The number of allylic oxidation sites excluding steroid dienone is 1. The Labute approximate surface area is 109 Å². The smallest absolute Gasteiger partial charge is 0.335 e. The molecule has 3 rings (SSSR count). The van der Waals surface area contributed by atoms with Crippen molar-refractivity contribution in [3.8, 4) is 0 Å². The van der Waals surface area contributed by atoms with E-state index in [0.717, 1.165) is 5.76 Å². The van der Waals surface area contributed by atoms with Gasteiger partial charge < -0.3 is 14.3 Å². The number of nitrogens with zero attached hydrogens (tertiary/aromatic N) is 1. The zero-order valence-electron chi connectivity index (χ0n) is 10.6. The molecule has 2 heterocycles. The van der Waals surface area contributed by atoms with Crippen LogP contribution in [-0.4, -0.2) is 22.2 Å². The van der Waals surface area contributed by atoms with Crippen molar-refractivity contribution in [2.24, 2.45) is 0 Å². The van der Waals surface area contributed by atoms with Gasteiger partial charge in [-0.05, 0) is 38.1 Å². The molecule has 2 aromatic rings. The molecule has 0 bridgehead atoms. The van der Waals surface area contributed by atoms with Crippen LogP contribution in [0.15, 0.2) is 34.5 Å². The largest absolute Gasteiger partial charge is 0.495 e. The third kappa shape index (κ3) is 1.97. The molecule has 5 nitrogen and oxygen atoms in total. The van der Waals surface area contributed by atoms with Crippen molar-refractivity contribution in [3.05, 3.63) is 41.5 Å². The fraction of sp³-hybridized carbons (Fsp3) is 0.286. The fourth-order valence-electron chi connectivity index (χ4n) is 2.29.